The normalized spacial score (nSPS) is 24.4. The largest absolute Gasteiger partial charge is 1.00 e. The summed E-state index contributed by atoms with van der Waals surface area (Å²) in [6, 6.07) is 7.87. The van der Waals surface area contributed by atoms with Gasteiger partial charge in [0.05, 0.1) is 20.6 Å². The molecule has 0 spiro atoms. The zero-order valence-electron chi connectivity index (χ0n) is 16.1. The summed E-state index contributed by atoms with van der Waals surface area (Å²) in [5.74, 6) is 2.28. The Morgan fingerprint density at radius 3 is 2.48 bits per heavy atom. The summed E-state index contributed by atoms with van der Waals surface area (Å²) in [6.45, 7) is 1.30. The molecule has 0 radical (unpaired) electrons. The average Bonchev–Trinajstić information content (AvgIpc) is 3.37. The number of rotatable bonds is 1. The molecule has 0 amide bonds. The summed E-state index contributed by atoms with van der Waals surface area (Å²) < 4.78 is 28.8. The van der Waals surface area contributed by atoms with Crippen LogP contribution < -0.4 is 42.9 Å². The van der Waals surface area contributed by atoms with Crippen molar-refractivity contribution in [3.63, 3.8) is 0 Å². The Morgan fingerprint density at radius 1 is 0.931 bits per heavy atom. The van der Waals surface area contributed by atoms with Gasteiger partial charge < -0.3 is 52.1 Å². The molecule has 4 heterocycles. The molecule has 1 unspecified atom stereocenters. The van der Waals surface area contributed by atoms with Gasteiger partial charge in [-0.15, -0.1) is 0 Å². The van der Waals surface area contributed by atoms with E-state index in [1.165, 1.54) is 5.56 Å². The Morgan fingerprint density at radius 2 is 1.66 bits per heavy atom. The first-order valence-electron chi connectivity index (χ1n) is 9.41. The second-order valence-corrected chi connectivity index (χ2v) is 8.19. The van der Waals surface area contributed by atoms with Gasteiger partial charge in [-0.3, -0.25) is 0 Å². The molecule has 4 aliphatic rings. The van der Waals surface area contributed by atoms with E-state index in [4.69, 9.17) is 23.7 Å². The summed E-state index contributed by atoms with van der Waals surface area (Å²) in [4.78, 5) is 12.8. The smallest absolute Gasteiger partial charge is 0.343 e. The molecule has 0 saturated carbocycles. The molecule has 2 aromatic rings. The third-order valence-corrected chi connectivity index (χ3v) is 6.27. The van der Waals surface area contributed by atoms with Crippen LogP contribution in [0.3, 0.4) is 0 Å². The van der Waals surface area contributed by atoms with Crippen molar-refractivity contribution in [3.05, 3.63) is 46.5 Å². The fraction of sp³-hybridized carbons (Fsp3) is 0.381. The Kier molecular flexibility index (Phi) is 4.15. The lowest BCUT2D eigenvalue weighted by Crippen LogP contribution is -3.00. The number of carbonyl (C=O) groups is 1. The molecule has 2 aromatic carbocycles. The van der Waals surface area contributed by atoms with E-state index in [2.05, 4.69) is 26.2 Å². The van der Waals surface area contributed by atoms with Crippen molar-refractivity contribution in [2.75, 3.05) is 34.2 Å². The number of carbonyl (C=O) groups excluding carboxylic acids is 1. The van der Waals surface area contributed by atoms with Gasteiger partial charge in [0.15, 0.2) is 35.1 Å². The highest BCUT2D eigenvalue weighted by atomic mass is 127. The monoisotopic (exact) mass is 509 g/mol. The average molecular weight is 509 g/mol. The lowest BCUT2D eigenvalue weighted by atomic mass is 9.84. The van der Waals surface area contributed by atoms with Crippen LogP contribution in [-0.4, -0.2) is 44.7 Å². The van der Waals surface area contributed by atoms with Gasteiger partial charge in [-0.1, -0.05) is 6.07 Å². The lowest BCUT2D eigenvalue weighted by molar-refractivity contribution is -0.927. The number of fused-ring (bicyclic) bond motifs is 5. The highest BCUT2D eigenvalue weighted by molar-refractivity contribution is 5.98. The maximum atomic E-state index is 12.8. The summed E-state index contributed by atoms with van der Waals surface area (Å²) in [6.07, 6.45) is 0.538. The molecule has 0 aromatic heterocycles. The molecule has 0 saturated heterocycles. The summed E-state index contributed by atoms with van der Waals surface area (Å²) >= 11 is 0. The van der Waals surface area contributed by atoms with Gasteiger partial charge in [-0.25, -0.2) is 4.79 Å². The molecule has 7 nitrogen and oxygen atoms in total. The Balaban J connectivity index is 0.00000181. The Hall–Kier alpha value is -2.20. The highest BCUT2D eigenvalue weighted by Gasteiger charge is 2.50. The van der Waals surface area contributed by atoms with Crippen molar-refractivity contribution in [3.8, 4) is 23.0 Å². The number of cyclic esters (lactones) is 1. The molecule has 2 atom stereocenters. The maximum Gasteiger partial charge on any atom is 0.343 e. The van der Waals surface area contributed by atoms with E-state index < -0.39 is 6.10 Å². The van der Waals surface area contributed by atoms with E-state index in [0.29, 0.717) is 21.5 Å². The minimum absolute atomic E-state index is 0. The lowest BCUT2D eigenvalue weighted by Gasteiger charge is -2.44. The van der Waals surface area contributed by atoms with Crippen LogP contribution in [0.2, 0.25) is 0 Å². The number of esters is 1. The van der Waals surface area contributed by atoms with Gasteiger partial charge in [-0.2, -0.15) is 0 Å². The molecule has 29 heavy (non-hydrogen) atoms. The van der Waals surface area contributed by atoms with Crippen LogP contribution in [0.4, 0.5) is 0 Å². The van der Waals surface area contributed by atoms with E-state index in [0.717, 1.165) is 35.6 Å². The van der Waals surface area contributed by atoms with E-state index in [1.807, 2.05) is 12.1 Å². The van der Waals surface area contributed by atoms with Crippen molar-refractivity contribution < 1.29 is 56.9 Å². The SMILES string of the molecule is C[N+]1(C)CCc2cc3c(cc2[C@H]1C1OC(=O)c2c1ccc1c2OCO1)OCO3.[I-]. The number of likely N-dealkylation sites (N-methyl/N-ethyl adjacent to an activating group) is 1. The minimum atomic E-state index is -0.397. The van der Waals surface area contributed by atoms with Gasteiger partial charge in [0.25, 0.3) is 0 Å². The summed E-state index contributed by atoms with van der Waals surface area (Å²) in [7, 11) is 4.36. The van der Waals surface area contributed by atoms with Gasteiger partial charge in [0.1, 0.15) is 5.56 Å². The molecule has 8 heteroatoms. The highest BCUT2D eigenvalue weighted by Crippen LogP contribution is 2.53. The Bertz CT molecular complexity index is 1040. The molecule has 0 fully saturated rings. The maximum absolute atomic E-state index is 12.8. The molecule has 0 aliphatic carbocycles. The molecular formula is C21H20INO6. The number of halogens is 1. The first-order chi connectivity index (χ1) is 13.5. The van der Waals surface area contributed by atoms with Crippen LogP contribution in [0.1, 0.15) is 39.2 Å². The third-order valence-electron chi connectivity index (χ3n) is 6.27. The first-order valence-corrected chi connectivity index (χ1v) is 9.41. The molecule has 0 bridgehead atoms. The van der Waals surface area contributed by atoms with Crippen LogP contribution in [0, 0.1) is 0 Å². The van der Waals surface area contributed by atoms with Gasteiger partial charge >= 0.3 is 5.97 Å². The second kappa shape index (κ2) is 6.40. The number of nitrogens with zero attached hydrogens (tertiary/aromatic N) is 1. The number of benzene rings is 2. The van der Waals surface area contributed by atoms with Crippen LogP contribution in [0.15, 0.2) is 24.3 Å². The Labute approximate surface area is 185 Å². The van der Waals surface area contributed by atoms with Crippen molar-refractivity contribution >= 4 is 5.97 Å². The number of hydrogen-bond acceptors (Lipinski definition) is 6. The zero-order valence-corrected chi connectivity index (χ0v) is 18.2. The minimum Gasteiger partial charge on any atom is -1.00 e. The topological polar surface area (TPSA) is 63.2 Å². The van der Waals surface area contributed by atoms with Gasteiger partial charge in [-0.05, 0) is 23.8 Å². The van der Waals surface area contributed by atoms with E-state index >= 15 is 0 Å². The molecule has 6 rings (SSSR count). The van der Waals surface area contributed by atoms with E-state index in [9.17, 15) is 4.79 Å². The van der Waals surface area contributed by atoms with Crippen LogP contribution in [0.25, 0.3) is 0 Å². The second-order valence-electron chi connectivity index (χ2n) is 8.19. The van der Waals surface area contributed by atoms with Gasteiger partial charge in [0.2, 0.25) is 13.6 Å². The predicted octanol–water partition coefficient (Wildman–Crippen LogP) is -0.267. The summed E-state index contributed by atoms with van der Waals surface area (Å²) in [5, 5.41) is 0. The van der Waals surface area contributed by atoms with E-state index in [1.54, 1.807) is 0 Å². The molecule has 4 aliphatic heterocycles. The number of hydrogen-bond donors (Lipinski definition) is 0. The van der Waals surface area contributed by atoms with E-state index in [-0.39, 0.29) is 49.6 Å². The fourth-order valence-electron chi connectivity index (χ4n) is 4.85. The van der Waals surface area contributed by atoms with Crippen molar-refractivity contribution in [2.45, 2.75) is 18.6 Å². The number of quaternary nitrogens is 1. The van der Waals surface area contributed by atoms with Crippen LogP contribution >= 0.6 is 0 Å². The van der Waals surface area contributed by atoms with Crippen molar-refractivity contribution in [1.82, 2.24) is 0 Å². The summed E-state index contributed by atoms with van der Waals surface area (Å²) in [5.41, 5.74) is 3.71. The predicted molar refractivity (Wildman–Crippen MR) is 96.7 cm³/mol. The fourth-order valence-corrected chi connectivity index (χ4v) is 4.85. The standard InChI is InChI=1S/C21H20NO6.HI/c1-22(2)6-5-11-7-15-16(26-9-25-15)8-13(11)18(22)19-12-3-4-14-20(27-10-24-14)17(12)21(23)28-19;/h3-4,7-8,18-19H,5-6,9-10H2,1-2H3;1H/q+1;/p-1/t18-,19?;/m0./s1. The quantitative estimate of drug-likeness (QED) is 0.300. The molecule has 0 N–H and O–H groups in total. The van der Waals surface area contributed by atoms with Crippen molar-refractivity contribution in [2.24, 2.45) is 0 Å². The van der Waals surface area contributed by atoms with Gasteiger partial charge in [0, 0.05) is 17.5 Å². The first kappa shape index (κ1) is 18.8. The van der Waals surface area contributed by atoms with Crippen LogP contribution in [0.5, 0.6) is 23.0 Å². The van der Waals surface area contributed by atoms with Crippen LogP contribution in [-0.2, 0) is 11.2 Å². The molecule has 152 valence electrons. The van der Waals surface area contributed by atoms with Crippen molar-refractivity contribution in [1.29, 1.82) is 0 Å². The number of ether oxygens (including phenoxy) is 5. The third kappa shape index (κ3) is 2.61. The molecular weight excluding hydrogens is 489 g/mol. The zero-order chi connectivity index (χ0) is 19.0.